The number of aliphatic hydroxyl groups is 1. The van der Waals surface area contributed by atoms with E-state index in [4.69, 9.17) is 5.73 Å². The van der Waals surface area contributed by atoms with Crippen LogP contribution in [0.2, 0.25) is 0 Å². The van der Waals surface area contributed by atoms with Gasteiger partial charge in [0.05, 0.1) is 12.1 Å². The predicted molar refractivity (Wildman–Crippen MR) is 69.1 cm³/mol. The molecule has 16 heavy (non-hydrogen) atoms. The Labute approximate surface area is 103 Å². The number of aryl methyl sites for hydroxylation is 2. The lowest BCUT2D eigenvalue weighted by atomic mass is 9.96. The van der Waals surface area contributed by atoms with E-state index in [1.807, 2.05) is 0 Å². The van der Waals surface area contributed by atoms with Crippen molar-refractivity contribution in [3.8, 4) is 0 Å². The van der Waals surface area contributed by atoms with Crippen molar-refractivity contribution < 1.29 is 5.11 Å². The second-order valence-corrected chi connectivity index (χ2v) is 4.32. The van der Waals surface area contributed by atoms with Gasteiger partial charge in [0.2, 0.25) is 0 Å². The third-order valence-electron chi connectivity index (χ3n) is 3.43. The summed E-state index contributed by atoms with van der Waals surface area (Å²) in [6, 6.07) is 4.23. The SMILES string of the molecule is CCc1cc2c(cc1CC)C(N)C(O)C2.Cl. The largest absolute Gasteiger partial charge is 0.391 e. The zero-order valence-corrected chi connectivity index (χ0v) is 10.7. The molecule has 0 heterocycles. The molecule has 3 heteroatoms. The quantitative estimate of drug-likeness (QED) is 0.834. The summed E-state index contributed by atoms with van der Waals surface area (Å²) in [5.74, 6) is 0. The average molecular weight is 242 g/mol. The summed E-state index contributed by atoms with van der Waals surface area (Å²) in [6.45, 7) is 4.34. The molecule has 1 aromatic carbocycles. The van der Waals surface area contributed by atoms with Gasteiger partial charge in [-0.25, -0.2) is 0 Å². The summed E-state index contributed by atoms with van der Waals surface area (Å²) < 4.78 is 0. The van der Waals surface area contributed by atoms with Gasteiger partial charge in [-0.15, -0.1) is 12.4 Å². The van der Waals surface area contributed by atoms with Gasteiger partial charge in [0.25, 0.3) is 0 Å². The van der Waals surface area contributed by atoms with E-state index in [0.29, 0.717) is 6.42 Å². The van der Waals surface area contributed by atoms with Gasteiger partial charge >= 0.3 is 0 Å². The summed E-state index contributed by atoms with van der Waals surface area (Å²) in [4.78, 5) is 0. The highest BCUT2D eigenvalue weighted by atomic mass is 35.5. The number of fused-ring (bicyclic) bond motifs is 1. The fourth-order valence-electron chi connectivity index (χ4n) is 2.46. The molecule has 0 amide bonds. The minimum Gasteiger partial charge on any atom is -0.391 e. The molecule has 0 fully saturated rings. The number of rotatable bonds is 2. The molecule has 0 saturated heterocycles. The summed E-state index contributed by atoms with van der Waals surface area (Å²) in [6.07, 6.45) is 2.42. The molecule has 3 N–H and O–H groups in total. The molecule has 2 atom stereocenters. The van der Waals surface area contributed by atoms with E-state index in [-0.39, 0.29) is 18.4 Å². The Morgan fingerprint density at radius 3 is 2.38 bits per heavy atom. The van der Waals surface area contributed by atoms with Crippen molar-refractivity contribution in [1.29, 1.82) is 0 Å². The third kappa shape index (κ3) is 2.10. The summed E-state index contributed by atoms with van der Waals surface area (Å²) in [5, 5.41) is 9.72. The van der Waals surface area contributed by atoms with Gasteiger partial charge < -0.3 is 10.8 Å². The lowest BCUT2D eigenvalue weighted by molar-refractivity contribution is 0.158. The zero-order valence-electron chi connectivity index (χ0n) is 9.86. The van der Waals surface area contributed by atoms with Crippen molar-refractivity contribution in [3.63, 3.8) is 0 Å². The van der Waals surface area contributed by atoms with E-state index in [9.17, 15) is 5.11 Å². The van der Waals surface area contributed by atoms with Gasteiger partial charge in [-0.3, -0.25) is 0 Å². The van der Waals surface area contributed by atoms with Crippen molar-refractivity contribution >= 4 is 12.4 Å². The van der Waals surface area contributed by atoms with Gasteiger partial charge in [-0.2, -0.15) is 0 Å². The Morgan fingerprint density at radius 1 is 1.25 bits per heavy atom. The Bertz CT molecular complexity index is 378. The predicted octanol–water partition coefficient (Wildman–Crippen LogP) is 2.15. The maximum absolute atomic E-state index is 9.72. The molecule has 1 aliphatic rings. The van der Waals surface area contributed by atoms with Crippen molar-refractivity contribution in [2.75, 3.05) is 0 Å². The first-order valence-corrected chi connectivity index (χ1v) is 5.75. The number of benzene rings is 1. The first kappa shape index (κ1) is 13.5. The topological polar surface area (TPSA) is 46.2 Å². The fourth-order valence-corrected chi connectivity index (χ4v) is 2.46. The minimum atomic E-state index is -0.392. The third-order valence-corrected chi connectivity index (χ3v) is 3.43. The summed E-state index contributed by atoms with van der Waals surface area (Å²) in [7, 11) is 0. The van der Waals surface area contributed by atoms with Gasteiger partial charge in [-0.1, -0.05) is 26.0 Å². The lowest BCUT2D eigenvalue weighted by Crippen LogP contribution is -2.21. The average Bonchev–Trinajstić information content (AvgIpc) is 2.53. The van der Waals surface area contributed by atoms with Crippen LogP contribution in [0, 0.1) is 0 Å². The Morgan fingerprint density at radius 2 is 1.81 bits per heavy atom. The molecule has 2 rings (SSSR count). The summed E-state index contributed by atoms with van der Waals surface area (Å²) >= 11 is 0. The monoisotopic (exact) mass is 241 g/mol. The van der Waals surface area contributed by atoms with Crippen LogP contribution < -0.4 is 5.73 Å². The molecule has 0 bridgehead atoms. The van der Waals surface area contributed by atoms with E-state index in [0.717, 1.165) is 18.4 Å². The molecular weight excluding hydrogens is 222 g/mol. The second kappa shape index (κ2) is 5.17. The van der Waals surface area contributed by atoms with Crippen LogP contribution in [0.25, 0.3) is 0 Å². The van der Waals surface area contributed by atoms with E-state index in [2.05, 4.69) is 26.0 Å². The Kier molecular flexibility index (Phi) is 4.36. The standard InChI is InChI=1S/C13H19NO.ClH/c1-3-8-5-10-7-12(15)13(14)11(10)6-9(8)4-2;/h5-6,12-13,15H,3-4,7,14H2,1-2H3;1H. The van der Waals surface area contributed by atoms with Crippen LogP contribution in [-0.4, -0.2) is 11.2 Å². The molecule has 0 aliphatic heterocycles. The number of halogens is 1. The smallest absolute Gasteiger partial charge is 0.0773 e. The van der Waals surface area contributed by atoms with Crippen molar-refractivity contribution in [3.05, 3.63) is 34.4 Å². The van der Waals surface area contributed by atoms with Crippen molar-refractivity contribution in [1.82, 2.24) is 0 Å². The fraction of sp³-hybridized carbons (Fsp3) is 0.538. The first-order valence-electron chi connectivity index (χ1n) is 5.75. The van der Waals surface area contributed by atoms with Gasteiger partial charge in [0.15, 0.2) is 0 Å². The number of hydrogen-bond acceptors (Lipinski definition) is 2. The highest BCUT2D eigenvalue weighted by molar-refractivity contribution is 5.85. The van der Waals surface area contributed by atoms with Crippen molar-refractivity contribution in [2.24, 2.45) is 5.73 Å². The molecule has 90 valence electrons. The van der Waals surface area contributed by atoms with Crippen LogP contribution in [0.4, 0.5) is 0 Å². The van der Waals surface area contributed by atoms with Gasteiger partial charge in [0.1, 0.15) is 0 Å². The number of aliphatic hydroxyl groups excluding tert-OH is 1. The molecule has 0 spiro atoms. The maximum Gasteiger partial charge on any atom is 0.0773 e. The van der Waals surface area contributed by atoms with E-state index in [1.54, 1.807) is 0 Å². The van der Waals surface area contributed by atoms with E-state index in [1.165, 1.54) is 16.7 Å². The number of nitrogens with two attached hydrogens (primary N) is 1. The minimum absolute atomic E-state index is 0. The molecule has 1 aromatic rings. The van der Waals surface area contributed by atoms with Crippen LogP contribution in [0.1, 0.15) is 42.1 Å². The summed E-state index contributed by atoms with van der Waals surface area (Å²) in [5.41, 5.74) is 11.1. The highest BCUT2D eigenvalue weighted by Gasteiger charge is 2.28. The van der Waals surface area contributed by atoms with E-state index >= 15 is 0 Å². The van der Waals surface area contributed by atoms with Crippen LogP contribution >= 0.6 is 12.4 Å². The normalized spacial score (nSPS) is 22.8. The van der Waals surface area contributed by atoms with Crippen LogP contribution in [-0.2, 0) is 19.3 Å². The zero-order chi connectivity index (χ0) is 11.0. The molecule has 0 radical (unpaired) electrons. The molecule has 0 aromatic heterocycles. The first-order chi connectivity index (χ1) is 7.17. The Balaban J connectivity index is 0.00000128. The van der Waals surface area contributed by atoms with Crippen LogP contribution in [0.3, 0.4) is 0 Å². The van der Waals surface area contributed by atoms with E-state index < -0.39 is 6.10 Å². The Hall–Kier alpha value is -0.570. The molecular formula is C13H20ClNO. The van der Waals surface area contributed by atoms with Gasteiger partial charge in [0, 0.05) is 6.42 Å². The molecule has 2 nitrogen and oxygen atoms in total. The van der Waals surface area contributed by atoms with Crippen molar-refractivity contribution in [2.45, 2.75) is 45.3 Å². The number of hydrogen-bond donors (Lipinski definition) is 2. The van der Waals surface area contributed by atoms with Crippen LogP contribution in [0.5, 0.6) is 0 Å². The van der Waals surface area contributed by atoms with Gasteiger partial charge in [-0.05, 0) is 35.1 Å². The molecule has 1 aliphatic carbocycles. The van der Waals surface area contributed by atoms with Crippen LogP contribution in [0.15, 0.2) is 12.1 Å². The maximum atomic E-state index is 9.72. The second-order valence-electron chi connectivity index (χ2n) is 4.32. The lowest BCUT2D eigenvalue weighted by Gasteiger charge is -2.12. The molecule has 2 unspecified atom stereocenters. The molecule has 0 saturated carbocycles. The highest BCUT2D eigenvalue weighted by Crippen LogP contribution is 2.32.